The van der Waals surface area contributed by atoms with Gasteiger partial charge in [0.25, 0.3) is 5.91 Å². The van der Waals surface area contributed by atoms with E-state index in [0.29, 0.717) is 43.8 Å². The molecule has 0 atom stereocenters. The molecule has 9 heteroatoms. The molecule has 0 unspecified atom stereocenters. The summed E-state index contributed by atoms with van der Waals surface area (Å²) in [6, 6.07) is 6.82. The van der Waals surface area contributed by atoms with Gasteiger partial charge in [-0.25, -0.2) is 13.1 Å². The number of amides is 1. The Morgan fingerprint density at radius 1 is 1.25 bits per heavy atom. The minimum Gasteiger partial charge on any atom is -0.494 e. The molecule has 1 N–H and O–H groups in total. The van der Waals surface area contributed by atoms with Crippen LogP contribution < -0.4 is 9.46 Å². The maximum absolute atomic E-state index is 12.7. The molecule has 1 saturated heterocycles. The first kappa shape index (κ1) is 20.3. The summed E-state index contributed by atoms with van der Waals surface area (Å²) < 4.78 is 38.3. The van der Waals surface area contributed by atoms with Crippen molar-refractivity contribution >= 4 is 15.9 Å². The van der Waals surface area contributed by atoms with Crippen molar-refractivity contribution in [1.29, 1.82) is 0 Å². The third-order valence-corrected chi connectivity index (χ3v) is 6.52. The first-order valence-corrected chi connectivity index (χ1v) is 10.8. The molecule has 8 nitrogen and oxygen atoms in total. The van der Waals surface area contributed by atoms with Crippen molar-refractivity contribution < 1.29 is 22.5 Å². The van der Waals surface area contributed by atoms with Crippen molar-refractivity contribution in [2.45, 2.75) is 44.6 Å². The molecule has 3 rings (SSSR count). The van der Waals surface area contributed by atoms with Crippen molar-refractivity contribution in [2.24, 2.45) is 0 Å². The smallest absolute Gasteiger partial charge is 0.253 e. The van der Waals surface area contributed by atoms with Gasteiger partial charge in [-0.2, -0.15) is 0 Å². The van der Waals surface area contributed by atoms with Crippen molar-refractivity contribution in [1.82, 2.24) is 14.8 Å². The molecule has 1 fully saturated rings. The zero-order valence-electron chi connectivity index (χ0n) is 16.3. The average Bonchev–Trinajstić information content (AvgIpc) is 3.01. The number of ether oxygens (including phenoxy) is 1. The molecule has 0 bridgehead atoms. The lowest BCUT2D eigenvalue weighted by Gasteiger charge is -2.32. The minimum atomic E-state index is -3.70. The molecule has 0 spiro atoms. The fourth-order valence-corrected chi connectivity index (χ4v) is 5.01. The Balaban J connectivity index is 1.59. The lowest BCUT2D eigenvalue weighted by molar-refractivity contribution is 0.0711. The van der Waals surface area contributed by atoms with E-state index in [4.69, 9.17) is 9.26 Å². The predicted octanol–water partition coefficient (Wildman–Crippen LogP) is 2.27. The van der Waals surface area contributed by atoms with Crippen LogP contribution in [0.3, 0.4) is 0 Å². The molecule has 152 valence electrons. The molecule has 1 aliphatic heterocycles. The van der Waals surface area contributed by atoms with E-state index in [1.54, 1.807) is 43.0 Å². The van der Waals surface area contributed by atoms with Crippen molar-refractivity contribution in [3.05, 3.63) is 41.3 Å². The fourth-order valence-electron chi connectivity index (χ4n) is 3.38. The molecular weight excluding hydrogens is 382 g/mol. The molecule has 2 heterocycles. The van der Waals surface area contributed by atoms with Crippen LogP contribution in [0.1, 0.15) is 41.6 Å². The predicted molar refractivity (Wildman–Crippen MR) is 103 cm³/mol. The van der Waals surface area contributed by atoms with Gasteiger partial charge in [0.05, 0.1) is 6.61 Å². The monoisotopic (exact) mass is 407 g/mol. The van der Waals surface area contributed by atoms with E-state index in [1.165, 1.54) is 0 Å². The number of nitrogens with one attached hydrogen (secondary N) is 1. The van der Waals surface area contributed by atoms with Gasteiger partial charge in [0.15, 0.2) is 5.76 Å². The number of nitrogens with zero attached hydrogens (tertiary/aromatic N) is 2. The Labute approximate surface area is 164 Å². The van der Waals surface area contributed by atoms with Gasteiger partial charge in [0, 0.05) is 24.7 Å². The third-order valence-electron chi connectivity index (χ3n) is 4.75. The Morgan fingerprint density at radius 2 is 1.89 bits per heavy atom. The molecule has 1 aromatic carbocycles. The van der Waals surface area contributed by atoms with Gasteiger partial charge in [-0.1, -0.05) is 5.16 Å². The number of hydrogen-bond donors (Lipinski definition) is 1. The van der Waals surface area contributed by atoms with E-state index in [-0.39, 0.29) is 22.6 Å². The summed E-state index contributed by atoms with van der Waals surface area (Å²) in [6.07, 6.45) is 1.09. The molecule has 1 aliphatic rings. The van der Waals surface area contributed by atoms with Crippen LogP contribution in [0.4, 0.5) is 0 Å². The average molecular weight is 407 g/mol. The Kier molecular flexibility index (Phi) is 6.04. The molecular formula is C19H25N3O5S. The highest BCUT2D eigenvalue weighted by Gasteiger charge is 2.30. The quantitative estimate of drug-likeness (QED) is 0.788. The number of sulfonamides is 1. The van der Waals surface area contributed by atoms with E-state index < -0.39 is 10.0 Å². The van der Waals surface area contributed by atoms with Gasteiger partial charge in [-0.3, -0.25) is 4.79 Å². The molecule has 1 amide bonds. The Bertz CT molecular complexity index is 909. The SMILES string of the molecule is CCOc1ccc(C(=O)N2CCC(NS(=O)(=O)c3c(C)noc3C)CC2)cc1. The number of rotatable bonds is 6. The normalized spacial score (nSPS) is 15.6. The standard InChI is InChI=1S/C19H25N3O5S/c1-4-26-17-7-5-15(6-8-17)19(23)22-11-9-16(10-12-22)21-28(24,25)18-13(2)20-27-14(18)3/h5-8,16,21H,4,9-12H2,1-3H3. The highest BCUT2D eigenvalue weighted by atomic mass is 32.2. The lowest BCUT2D eigenvalue weighted by atomic mass is 10.0. The molecule has 0 saturated carbocycles. The number of carbonyl (C=O) groups excluding carboxylic acids is 1. The summed E-state index contributed by atoms with van der Waals surface area (Å²) in [6.45, 7) is 6.63. The first-order valence-electron chi connectivity index (χ1n) is 9.29. The van der Waals surface area contributed by atoms with Crippen LogP contribution in [0.25, 0.3) is 0 Å². The van der Waals surface area contributed by atoms with Gasteiger partial charge in [0.2, 0.25) is 10.0 Å². The van der Waals surface area contributed by atoms with Crippen LogP contribution in [0.2, 0.25) is 0 Å². The van der Waals surface area contributed by atoms with Crippen molar-refractivity contribution in [3.63, 3.8) is 0 Å². The second-order valence-electron chi connectivity index (χ2n) is 6.80. The van der Waals surface area contributed by atoms with Crippen molar-refractivity contribution in [2.75, 3.05) is 19.7 Å². The van der Waals surface area contributed by atoms with Crippen LogP contribution in [0.15, 0.2) is 33.7 Å². The highest BCUT2D eigenvalue weighted by molar-refractivity contribution is 7.89. The maximum Gasteiger partial charge on any atom is 0.253 e. The maximum atomic E-state index is 12.7. The number of benzene rings is 1. The van der Waals surface area contributed by atoms with Crippen LogP contribution >= 0.6 is 0 Å². The van der Waals surface area contributed by atoms with Crippen LogP contribution in [0.5, 0.6) is 5.75 Å². The van der Waals surface area contributed by atoms with E-state index in [9.17, 15) is 13.2 Å². The summed E-state index contributed by atoms with van der Waals surface area (Å²) >= 11 is 0. The topological polar surface area (TPSA) is 102 Å². The summed E-state index contributed by atoms with van der Waals surface area (Å²) in [4.78, 5) is 14.5. The van der Waals surface area contributed by atoms with E-state index >= 15 is 0 Å². The summed E-state index contributed by atoms with van der Waals surface area (Å²) in [5.41, 5.74) is 0.936. The number of aryl methyl sites for hydroxylation is 2. The number of hydrogen-bond acceptors (Lipinski definition) is 6. The Hall–Kier alpha value is -2.39. The summed E-state index contributed by atoms with van der Waals surface area (Å²) in [5.74, 6) is 0.940. The lowest BCUT2D eigenvalue weighted by Crippen LogP contribution is -2.46. The molecule has 2 aromatic rings. The summed E-state index contributed by atoms with van der Waals surface area (Å²) in [7, 11) is -3.70. The number of likely N-dealkylation sites (tertiary alicyclic amines) is 1. The van der Waals surface area contributed by atoms with Gasteiger partial charge >= 0.3 is 0 Å². The third kappa shape index (κ3) is 4.36. The van der Waals surface area contributed by atoms with Gasteiger partial charge in [0.1, 0.15) is 16.3 Å². The minimum absolute atomic E-state index is 0.0601. The summed E-state index contributed by atoms with van der Waals surface area (Å²) in [5, 5.41) is 3.71. The van der Waals surface area contributed by atoms with Crippen molar-refractivity contribution in [3.8, 4) is 5.75 Å². The molecule has 0 aliphatic carbocycles. The van der Waals surface area contributed by atoms with Gasteiger partial charge < -0.3 is 14.2 Å². The van der Waals surface area contributed by atoms with Crippen LogP contribution in [-0.2, 0) is 10.0 Å². The van der Waals surface area contributed by atoms with E-state index in [0.717, 1.165) is 5.75 Å². The Morgan fingerprint density at radius 3 is 2.43 bits per heavy atom. The molecule has 1 aromatic heterocycles. The highest BCUT2D eigenvalue weighted by Crippen LogP contribution is 2.22. The van der Waals surface area contributed by atoms with Gasteiger partial charge in [-0.05, 0) is 57.9 Å². The molecule has 28 heavy (non-hydrogen) atoms. The zero-order valence-corrected chi connectivity index (χ0v) is 17.1. The second-order valence-corrected chi connectivity index (χ2v) is 8.45. The fraction of sp³-hybridized carbons (Fsp3) is 0.474. The second kappa shape index (κ2) is 8.32. The van der Waals surface area contributed by atoms with E-state index in [2.05, 4.69) is 9.88 Å². The zero-order chi connectivity index (χ0) is 20.3. The number of piperidine rings is 1. The van der Waals surface area contributed by atoms with Gasteiger partial charge in [-0.15, -0.1) is 0 Å². The van der Waals surface area contributed by atoms with Crippen LogP contribution in [-0.4, -0.2) is 50.1 Å². The number of carbonyl (C=O) groups is 1. The van der Waals surface area contributed by atoms with E-state index in [1.807, 2.05) is 6.92 Å². The molecule has 0 radical (unpaired) electrons. The van der Waals surface area contributed by atoms with Crippen LogP contribution in [0, 0.1) is 13.8 Å². The number of aromatic nitrogens is 1. The largest absolute Gasteiger partial charge is 0.494 e. The first-order chi connectivity index (χ1) is 13.3.